The van der Waals surface area contributed by atoms with Gasteiger partial charge >= 0.3 is 5.97 Å². The van der Waals surface area contributed by atoms with E-state index >= 15 is 0 Å². The molecule has 0 saturated carbocycles. The van der Waals surface area contributed by atoms with Crippen LogP contribution in [0.1, 0.15) is 29.3 Å². The fourth-order valence-electron chi connectivity index (χ4n) is 6.62. The van der Waals surface area contributed by atoms with E-state index in [0.717, 1.165) is 0 Å². The minimum Gasteiger partial charge on any atom is -0.510 e. The number of hydrogen-bond donors (Lipinski definition) is 6. The molecule has 230 valence electrons. The van der Waals surface area contributed by atoms with Crippen molar-refractivity contribution >= 4 is 35.0 Å². The zero-order valence-electron chi connectivity index (χ0n) is 24.1. The van der Waals surface area contributed by atoms with Crippen LogP contribution in [-0.2, 0) is 30.3 Å². The lowest BCUT2D eigenvalue weighted by atomic mass is 9.58. The summed E-state index contributed by atoms with van der Waals surface area (Å²) < 4.78 is 4.69. The van der Waals surface area contributed by atoms with Crippen LogP contribution in [0.2, 0.25) is 0 Å². The summed E-state index contributed by atoms with van der Waals surface area (Å²) >= 11 is 0. The van der Waals surface area contributed by atoms with Crippen LogP contribution < -0.4 is 11.1 Å². The van der Waals surface area contributed by atoms with Gasteiger partial charge in [0.1, 0.15) is 22.8 Å². The summed E-state index contributed by atoms with van der Waals surface area (Å²) in [5.74, 6) is -8.30. The van der Waals surface area contributed by atoms with Crippen molar-refractivity contribution in [3.63, 3.8) is 0 Å². The number of anilines is 1. The van der Waals surface area contributed by atoms with Gasteiger partial charge in [0.2, 0.25) is 5.78 Å². The highest BCUT2D eigenvalue weighted by molar-refractivity contribution is 6.25. The summed E-state index contributed by atoms with van der Waals surface area (Å²) in [5, 5.41) is 47.4. The van der Waals surface area contributed by atoms with E-state index in [1.165, 1.54) is 17.9 Å². The maximum atomic E-state index is 13.9. The lowest BCUT2D eigenvalue weighted by Crippen LogP contribution is -2.63. The molecule has 2 amide bonds. The molecule has 0 aromatic heterocycles. The minimum absolute atomic E-state index is 0.0336. The summed E-state index contributed by atoms with van der Waals surface area (Å²) in [6, 6.07) is 8.47. The summed E-state index contributed by atoms with van der Waals surface area (Å²) in [5.41, 5.74) is 3.55. The Hall–Kier alpha value is -5.01. The largest absolute Gasteiger partial charge is 0.510 e. The third-order valence-corrected chi connectivity index (χ3v) is 8.49. The van der Waals surface area contributed by atoms with E-state index in [1.807, 2.05) is 0 Å². The number of phenols is 1. The Labute approximate surface area is 251 Å². The molecule has 0 bridgehead atoms. The van der Waals surface area contributed by atoms with Gasteiger partial charge < -0.3 is 36.2 Å². The first kappa shape index (κ1) is 30.4. The average Bonchev–Trinajstić information content (AvgIpc) is 2.94. The van der Waals surface area contributed by atoms with Crippen molar-refractivity contribution < 1.29 is 49.1 Å². The molecule has 0 aliphatic heterocycles. The summed E-state index contributed by atoms with van der Waals surface area (Å²) in [6.45, 7) is 0.747. The number of hydrogen-bond acceptors (Lipinski definition) is 11. The molecule has 0 spiro atoms. The van der Waals surface area contributed by atoms with Crippen LogP contribution in [0.15, 0.2) is 59.1 Å². The van der Waals surface area contributed by atoms with Crippen LogP contribution in [0.5, 0.6) is 5.75 Å². The third kappa shape index (κ3) is 4.70. The number of esters is 1. The summed E-state index contributed by atoms with van der Waals surface area (Å²) in [6.07, 6.45) is 0.0906. The van der Waals surface area contributed by atoms with Crippen LogP contribution in [0.4, 0.5) is 5.69 Å². The topological polar surface area (TPSA) is 217 Å². The van der Waals surface area contributed by atoms with Gasteiger partial charge in [-0.05, 0) is 67.7 Å². The van der Waals surface area contributed by atoms with Gasteiger partial charge in [0.05, 0.1) is 11.6 Å². The van der Waals surface area contributed by atoms with E-state index < -0.39 is 76.5 Å². The van der Waals surface area contributed by atoms with Crippen LogP contribution in [0.3, 0.4) is 0 Å². The Kier molecular flexibility index (Phi) is 7.56. The Bertz CT molecular complexity index is 1690. The molecule has 7 N–H and O–H groups in total. The van der Waals surface area contributed by atoms with Crippen molar-refractivity contribution in [1.82, 2.24) is 4.90 Å². The number of phenolic OH excluding ortho intramolecular Hbond substituents is 1. The molecule has 2 aromatic rings. The third-order valence-electron chi connectivity index (χ3n) is 8.49. The van der Waals surface area contributed by atoms with E-state index in [-0.39, 0.29) is 29.7 Å². The number of aliphatic hydroxyl groups is 3. The monoisotopic (exact) mass is 605 g/mol. The number of carbonyl (C=O) groups excluding carboxylic acids is 5. The molecule has 13 heteroatoms. The predicted molar refractivity (Wildman–Crippen MR) is 154 cm³/mol. The number of rotatable bonds is 6. The predicted octanol–water partition coefficient (Wildman–Crippen LogP) is 1.29. The highest BCUT2D eigenvalue weighted by Gasteiger charge is 2.63. The molecule has 2 aromatic carbocycles. The molecule has 3 aliphatic carbocycles. The number of nitrogens with zero attached hydrogens (tertiary/aromatic N) is 1. The highest BCUT2D eigenvalue weighted by atomic mass is 16.5. The lowest BCUT2D eigenvalue weighted by molar-refractivity contribution is -0.148. The van der Waals surface area contributed by atoms with Gasteiger partial charge in [-0.2, -0.15) is 0 Å². The second-order valence-corrected chi connectivity index (χ2v) is 11.4. The fraction of sp³-hybridized carbons (Fsp3) is 0.323. The SMILES string of the molecule is CC(=O)OCC(=O)Nc1ccc(-c2ccc(O)c3c2C[C@H]2C[C@H]4[C@H](N(C)C)C(O)=C(C(N)=O)C(=O)[C@@]4(O)C(O)=C2C3=O)cc1. The van der Waals surface area contributed by atoms with Gasteiger partial charge in [-0.25, -0.2) is 0 Å². The number of nitrogens with two attached hydrogens (primary N) is 1. The standard InChI is InChI=1S/C31H31N3O10/c1-13(35)44-12-21(37)33-16-6-4-14(5-7-16)17-8-9-20(36)23-18(17)10-15-11-19-25(34(2)3)27(39)24(30(32)42)29(41)31(19,43)28(40)22(15)26(23)38/h4-9,15,19,25,36,39-40,43H,10-12H2,1-3H3,(H2,32,42)(H,33,37)/t15-,19-,25-,31-/m0/s1. The van der Waals surface area contributed by atoms with Crippen molar-refractivity contribution in [3.05, 3.63) is 70.2 Å². The molecule has 0 unspecified atom stereocenters. The number of aromatic hydroxyl groups is 1. The highest BCUT2D eigenvalue weighted by Crippen LogP contribution is 2.53. The second kappa shape index (κ2) is 10.9. The van der Waals surface area contributed by atoms with Crippen molar-refractivity contribution in [2.45, 2.75) is 31.4 Å². The van der Waals surface area contributed by atoms with Crippen molar-refractivity contribution in [1.29, 1.82) is 0 Å². The minimum atomic E-state index is -2.71. The van der Waals surface area contributed by atoms with Gasteiger partial charge in [0, 0.05) is 24.1 Å². The molecule has 44 heavy (non-hydrogen) atoms. The molecule has 5 rings (SSSR count). The van der Waals surface area contributed by atoms with Gasteiger partial charge in [-0.15, -0.1) is 0 Å². The second-order valence-electron chi connectivity index (χ2n) is 11.4. The number of allylic oxidation sites excluding steroid dienone is 1. The van der Waals surface area contributed by atoms with E-state index in [4.69, 9.17) is 5.73 Å². The van der Waals surface area contributed by atoms with E-state index in [2.05, 4.69) is 10.1 Å². The number of ketones is 2. The number of amides is 2. The molecule has 4 atom stereocenters. The summed E-state index contributed by atoms with van der Waals surface area (Å²) in [4.78, 5) is 63.9. The molecule has 0 heterocycles. The van der Waals surface area contributed by atoms with Gasteiger partial charge in [0.15, 0.2) is 18.0 Å². The van der Waals surface area contributed by atoms with Crippen molar-refractivity contribution in [2.75, 3.05) is 26.0 Å². The van der Waals surface area contributed by atoms with E-state index in [9.17, 15) is 44.4 Å². The first-order valence-corrected chi connectivity index (χ1v) is 13.7. The number of aliphatic hydroxyl groups excluding tert-OH is 2. The van der Waals surface area contributed by atoms with Crippen LogP contribution in [0.25, 0.3) is 11.1 Å². The maximum Gasteiger partial charge on any atom is 0.303 e. The first-order valence-electron chi connectivity index (χ1n) is 13.7. The lowest BCUT2D eigenvalue weighted by Gasteiger charge is -2.50. The normalized spacial score (nSPS) is 24.4. The number of carbonyl (C=O) groups is 5. The Morgan fingerprint density at radius 2 is 1.73 bits per heavy atom. The van der Waals surface area contributed by atoms with Crippen LogP contribution >= 0.6 is 0 Å². The molecular formula is C31H31N3O10. The van der Waals surface area contributed by atoms with E-state index in [0.29, 0.717) is 22.4 Å². The fourth-order valence-corrected chi connectivity index (χ4v) is 6.62. The average molecular weight is 606 g/mol. The van der Waals surface area contributed by atoms with E-state index in [1.54, 1.807) is 44.4 Å². The zero-order valence-corrected chi connectivity index (χ0v) is 24.1. The number of fused-ring (bicyclic) bond motifs is 3. The van der Waals surface area contributed by atoms with Gasteiger partial charge in [-0.3, -0.25) is 28.9 Å². The number of ether oxygens (including phenoxy) is 1. The van der Waals surface area contributed by atoms with Crippen LogP contribution in [-0.4, -0.2) is 87.0 Å². The molecule has 0 fully saturated rings. The summed E-state index contributed by atoms with van der Waals surface area (Å²) in [7, 11) is 3.12. The van der Waals surface area contributed by atoms with Crippen LogP contribution in [0, 0.1) is 11.8 Å². The first-order chi connectivity index (χ1) is 20.7. The number of likely N-dealkylation sites (N-methyl/N-ethyl adjacent to an activating group) is 1. The number of primary amides is 1. The smallest absolute Gasteiger partial charge is 0.303 e. The molecule has 13 nitrogen and oxygen atoms in total. The zero-order chi connectivity index (χ0) is 32.2. The quantitative estimate of drug-likeness (QED) is 0.204. The van der Waals surface area contributed by atoms with Crippen molar-refractivity contribution in [2.24, 2.45) is 17.6 Å². The Morgan fingerprint density at radius 1 is 1.07 bits per heavy atom. The molecule has 0 saturated heterocycles. The number of Topliss-reactive ketones (excluding diaryl/α,β-unsaturated/α-hetero) is 2. The molecule has 3 aliphatic rings. The maximum absolute atomic E-state index is 13.9. The van der Waals surface area contributed by atoms with Gasteiger partial charge in [-0.1, -0.05) is 18.2 Å². The number of nitrogens with one attached hydrogen (secondary N) is 1. The molecule has 0 radical (unpaired) electrons. The Balaban J connectivity index is 1.56. The van der Waals surface area contributed by atoms with Gasteiger partial charge in [0.25, 0.3) is 11.8 Å². The number of benzene rings is 2. The molecular weight excluding hydrogens is 574 g/mol. The van der Waals surface area contributed by atoms with Crippen molar-refractivity contribution in [3.8, 4) is 16.9 Å². The Morgan fingerprint density at radius 3 is 2.32 bits per heavy atom.